The zero-order valence-corrected chi connectivity index (χ0v) is 12.1. The fourth-order valence-electron chi connectivity index (χ4n) is 0.920. The Morgan fingerprint density at radius 1 is 1.25 bits per heavy atom. The Hall–Kier alpha value is -1.92. The number of nitro benzene ring substituents is 1. The number of non-ortho nitro benzene ring substituents is 1. The highest BCUT2D eigenvalue weighted by atomic mass is 32.2. The van der Waals surface area contributed by atoms with Gasteiger partial charge in [-0.05, 0) is 6.07 Å². The number of sulfonamides is 2. The van der Waals surface area contributed by atoms with E-state index in [2.05, 4.69) is 5.14 Å². The first-order valence-corrected chi connectivity index (χ1v) is 8.57. The molecule has 0 saturated heterocycles. The minimum atomic E-state index is -3.51. The number of hydrogen-bond donors (Lipinski definition) is 3. The molecular formula is C8H13N3O7S2. The van der Waals surface area contributed by atoms with Crippen molar-refractivity contribution in [3.63, 3.8) is 0 Å². The lowest BCUT2D eigenvalue weighted by Gasteiger charge is -2.05. The van der Waals surface area contributed by atoms with Gasteiger partial charge in [-0.1, -0.05) is 0 Å². The number of rotatable bonds is 3. The van der Waals surface area contributed by atoms with Crippen molar-refractivity contribution in [2.24, 2.45) is 5.14 Å². The van der Waals surface area contributed by atoms with Gasteiger partial charge in [-0.25, -0.2) is 22.0 Å². The molecular weight excluding hydrogens is 314 g/mol. The van der Waals surface area contributed by atoms with Gasteiger partial charge in [0.15, 0.2) is 0 Å². The molecule has 20 heavy (non-hydrogen) atoms. The van der Waals surface area contributed by atoms with Crippen LogP contribution in [0.1, 0.15) is 0 Å². The third-order valence-corrected chi connectivity index (χ3v) is 2.08. The lowest BCUT2D eigenvalue weighted by atomic mass is 10.3. The number of primary sulfonamides is 1. The van der Waals surface area contributed by atoms with E-state index in [9.17, 15) is 32.1 Å². The van der Waals surface area contributed by atoms with Gasteiger partial charge in [0.2, 0.25) is 20.0 Å². The van der Waals surface area contributed by atoms with Crippen LogP contribution in [0.4, 0.5) is 11.4 Å². The summed E-state index contributed by atoms with van der Waals surface area (Å²) in [6.07, 6.45) is 1.85. The van der Waals surface area contributed by atoms with Crippen LogP contribution in [0, 0.1) is 10.1 Å². The third-order valence-electron chi connectivity index (χ3n) is 1.49. The van der Waals surface area contributed by atoms with Crippen LogP contribution < -0.4 is 9.86 Å². The predicted molar refractivity (Wildman–Crippen MR) is 72.3 cm³/mol. The van der Waals surface area contributed by atoms with Crippen LogP contribution in [0.25, 0.3) is 0 Å². The molecule has 0 aliphatic carbocycles. The zero-order chi connectivity index (χ0) is 16.1. The molecule has 1 aromatic rings. The Bertz CT molecular complexity index is 689. The summed E-state index contributed by atoms with van der Waals surface area (Å²) in [5, 5.41) is 23.9. The number of nitro groups is 1. The summed E-state index contributed by atoms with van der Waals surface area (Å²) in [6.45, 7) is 0. The minimum absolute atomic E-state index is 0.0944. The van der Waals surface area contributed by atoms with Gasteiger partial charge in [0.05, 0.1) is 29.2 Å². The molecule has 0 unspecified atom stereocenters. The van der Waals surface area contributed by atoms with E-state index in [1.807, 2.05) is 4.72 Å². The average Bonchev–Trinajstić information content (AvgIpc) is 2.16. The molecule has 0 heterocycles. The summed E-state index contributed by atoms with van der Waals surface area (Å²) >= 11 is 0. The number of anilines is 1. The molecule has 0 amide bonds. The largest absolute Gasteiger partial charge is 0.505 e. The van der Waals surface area contributed by atoms with Gasteiger partial charge in [-0.15, -0.1) is 0 Å². The standard InChI is InChI=1S/C7H8N2O5S.CH5NO2S/c1-15(13,14)8-6-3-2-5(9(11)12)4-7(6)10;1-5(2,3)4/h2-4,8,10H,1H3;1H3,(H2,2,3,4). The Morgan fingerprint density at radius 3 is 2.00 bits per heavy atom. The Balaban J connectivity index is 0.000000621. The van der Waals surface area contributed by atoms with E-state index >= 15 is 0 Å². The lowest BCUT2D eigenvalue weighted by molar-refractivity contribution is -0.384. The fourth-order valence-corrected chi connectivity index (χ4v) is 1.49. The van der Waals surface area contributed by atoms with Gasteiger partial charge in [0.1, 0.15) is 5.75 Å². The molecule has 0 aliphatic rings. The van der Waals surface area contributed by atoms with Crippen LogP contribution in [-0.4, -0.2) is 39.4 Å². The van der Waals surface area contributed by atoms with Gasteiger partial charge in [0, 0.05) is 6.07 Å². The zero-order valence-electron chi connectivity index (χ0n) is 10.5. The number of benzene rings is 1. The number of nitrogens with two attached hydrogens (primary N) is 1. The molecule has 0 aromatic heterocycles. The summed E-state index contributed by atoms with van der Waals surface area (Å²) in [6, 6.07) is 3.08. The van der Waals surface area contributed by atoms with Crippen molar-refractivity contribution in [1.82, 2.24) is 0 Å². The first kappa shape index (κ1) is 18.1. The maximum Gasteiger partial charge on any atom is 0.273 e. The molecule has 0 saturated carbocycles. The number of phenols is 1. The highest BCUT2D eigenvalue weighted by Gasteiger charge is 2.12. The van der Waals surface area contributed by atoms with Crippen molar-refractivity contribution < 1.29 is 26.9 Å². The van der Waals surface area contributed by atoms with Crippen molar-refractivity contribution in [2.45, 2.75) is 0 Å². The average molecular weight is 327 g/mol. The van der Waals surface area contributed by atoms with E-state index in [-0.39, 0.29) is 11.4 Å². The monoisotopic (exact) mass is 327 g/mol. The smallest absolute Gasteiger partial charge is 0.273 e. The second-order valence-corrected chi connectivity index (χ2v) is 7.07. The Kier molecular flexibility index (Phi) is 5.87. The number of hydrogen-bond acceptors (Lipinski definition) is 7. The molecule has 1 aromatic carbocycles. The Labute approximate surface area is 115 Å². The van der Waals surface area contributed by atoms with E-state index < -0.39 is 30.7 Å². The van der Waals surface area contributed by atoms with E-state index in [1.54, 1.807) is 0 Å². The van der Waals surface area contributed by atoms with Crippen molar-refractivity contribution in [2.75, 3.05) is 17.2 Å². The molecule has 114 valence electrons. The molecule has 12 heteroatoms. The number of nitrogens with zero attached hydrogens (tertiary/aromatic N) is 1. The van der Waals surface area contributed by atoms with Gasteiger partial charge >= 0.3 is 0 Å². The maximum atomic E-state index is 10.8. The topological polar surface area (TPSA) is 170 Å². The SMILES string of the molecule is CS(=O)(=O)Nc1ccc([N+](=O)[O-])cc1O.CS(N)(=O)=O. The van der Waals surface area contributed by atoms with Crippen LogP contribution >= 0.6 is 0 Å². The molecule has 10 nitrogen and oxygen atoms in total. The van der Waals surface area contributed by atoms with Gasteiger partial charge < -0.3 is 5.11 Å². The lowest BCUT2D eigenvalue weighted by Crippen LogP contribution is -2.09. The van der Waals surface area contributed by atoms with E-state index in [0.29, 0.717) is 0 Å². The molecule has 0 aliphatic heterocycles. The van der Waals surface area contributed by atoms with E-state index in [4.69, 9.17) is 0 Å². The first-order chi connectivity index (χ1) is 8.79. The maximum absolute atomic E-state index is 10.8. The number of aromatic hydroxyl groups is 1. The molecule has 0 spiro atoms. The van der Waals surface area contributed by atoms with Crippen LogP contribution in [0.2, 0.25) is 0 Å². The molecule has 0 atom stereocenters. The normalized spacial score (nSPS) is 11.2. The van der Waals surface area contributed by atoms with Gasteiger partial charge in [-0.3, -0.25) is 14.8 Å². The quantitative estimate of drug-likeness (QED) is 0.384. The van der Waals surface area contributed by atoms with Crippen molar-refractivity contribution >= 4 is 31.4 Å². The molecule has 1 rings (SSSR count). The molecule has 0 bridgehead atoms. The second kappa shape index (κ2) is 6.49. The number of phenolic OH excluding ortho intramolecular Hbond substituents is 1. The van der Waals surface area contributed by atoms with Crippen LogP contribution in [0.5, 0.6) is 5.75 Å². The summed E-state index contributed by atoms with van der Waals surface area (Å²) in [5.74, 6) is -0.491. The van der Waals surface area contributed by atoms with Crippen molar-refractivity contribution in [3.8, 4) is 5.75 Å². The molecule has 4 N–H and O–H groups in total. The van der Waals surface area contributed by atoms with Gasteiger partial charge in [-0.2, -0.15) is 0 Å². The summed E-state index contributed by atoms with van der Waals surface area (Å²) in [5.41, 5.74) is -0.408. The van der Waals surface area contributed by atoms with E-state index in [1.165, 1.54) is 0 Å². The summed E-state index contributed by atoms with van der Waals surface area (Å²) < 4.78 is 42.5. The highest BCUT2D eigenvalue weighted by molar-refractivity contribution is 7.92. The van der Waals surface area contributed by atoms with Crippen molar-refractivity contribution in [1.29, 1.82) is 0 Å². The predicted octanol–water partition coefficient (Wildman–Crippen LogP) is -0.423. The Morgan fingerprint density at radius 2 is 1.70 bits per heavy atom. The fraction of sp³-hybridized carbons (Fsp3) is 0.250. The highest BCUT2D eigenvalue weighted by Crippen LogP contribution is 2.28. The summed E-state index contributed by atoms with van der Waals surface area (Å²) in [7, 11) is -6.68. The van der Waals surface area contributed by atoms with Crippen LogP contribution in [0.3, 0.4) is 0 Å². The third kappa shape index (κ3) is 9.07. The molecule has 0 fully saturated rings. The van der Waals surface area contributed by atoms with E-state index in [0.717, 1.165) is 30.7 Å². The first-order valence-electron chi connectivity index (χ1n) is 4.72. The summed E-state index contributed by atoms with van der Waals surface area (Å²) in [4.78, 5) is 9.61. The van der Waals surface area contributed by atoms with Crippen LogP contribution in [-0.2, 0) is 20.0 Å². The molecule has 0 radical (unpaired) electrons. The number of nitrogens with one attached hydrogen (secondary N) is 1. The van der Waals surface area contributed by atoms with Crippen LogP contribution in [0.15, 0.2) is 18.2 Å². The van der Waals surface area contributed by atoms with Crippen molar-refractivity contribution in [3.05, 3.63) is 28.3 Å². The van der Waals surface area contributed by atoms with Gasteiger partial charge in [0.25, 0.3) is 5.69 Å². The minimum Gasteiger partial charge on any atom is -0.505 e. The second-order valence-electron chi connectivity index (χ2n) is 3.66.